The summed E-state index contributed by atoms with van der Waals surface area (Å²) in [5, 5.41) is 13.7. The molecule has 80 valence electrons. The van der Waals surface area contributed by atoms with Gasteiger partial charge in [-0.05, 0) is 17.7 Å². The number of nitrogens with two attached hydrogens (primary N) is 1. The lowest BCUT2D eigenvalue weighted by atomic mass is 10.1. The predicted octanol–water partition coefficient (Wildman–Crippen LogP) is 1.31. The predicted molar refractivity (Wildman–Crippen MR) is 59.5 cm³/mol. The Bertz CT molecular complexity index is 395. The maximum absolute atomic E-state index is 5.73. The van der Waals surface area contributed by atoms with Crippen molar-refractivity contribution in [2.45, 2.75) is 13.0 Å². The van der Waals surface area contributed by atoms with E-state index in [0.29, 0.717) is 5.82 Å². The molecule has 0 aliphatic rings. The quantitative estimate of drug-likeness (QED) is 0.808. The van der Waals surface area contributed by atoms with Gasteiger partial charge in [0.15, 0.2) is 0 Å². The minimum Gasteiger partial charge on any atom is -0.324 e. The fourth-order valence-corrected chi connectivity index (χ4v) is 1.22. The molecule has 1 aromatic heterocycles. The van der Waals surface area contributed by atoms with Gasteiger partial charge in [-0.3, -0.25) is 0 Å². The van der Waals surface area contributed by atoms with Gasteiger partial charge in [-0.15, -0.1) is 22.6 Å². The van der Waals surface area contributed by atoms with E-state index in [9.17, 15) is 0 Å². The van der Waals surface area contributed by atoms with Crippen LogP contribution in [0.15, 0.2) is 24.3 Å². The van der Waals surface area contributed by atoms with E-state index < -0.39 is 0 Å². The first-order valence-corrected chi connectivity index (χ1v) is 4.37. The summed E-state index contributed by atoms with van der Waals surface area (Å²) >= 11 is 0. The summed E-state index contributed by atoms with van der Waals surface area (Å²) in [6.45, 7) is 1.95. The molecule has 0 saturated heterocycles. The van der Waals surface area contributed by atoms with Gasteiger partial charge in [0, 0.05) is 11.6 Å². The van der Waals surface area contributed by atoms with E-state index in [1.165, 1.54) is 0 Å². The summed E-state index contributed by atoms with van der Waals surface area (Å²) in [5.41, 5.74) is 7.76. The number of hydrogen-bond donors (Lipinski definition) is 2. The molecule has 0 saturated carbocycles. The number of H-pyrrole nitrogens is 1. The van der Waals surface area contributed by atoms with Crippen LogP contribution in [-0.2, 0) is 0 Å². The first-order chi connectivity index (χ1) is 6.77. The lowest BCUT2D eigenvalue weighted by Crippen LogP contribution is -2.04. The third-order valence-electron chi connectivity index (χ3n) is 2.04. The normalized spacial score (nSPS) is 11.9. The highest BCUT2D eigenvalue weighted by molar-refractivity contribution is 5.85. The van der Waals surface area contributed by atoms with Crippen molar-refractivity contribution < 1.29 is 0 Å². The standard InChI is InChI=1S/C9H11N5.ClH/c1-6(10)7-2-4-8(5-3-7)9-11-13-14-12-9;/h2-6H,10H2,1H3,(H,11,12,13,14);1H. The SMILES string of the molecule is CC(N)c1ccc(-c2nn[nH]n2)cc1.Cl. The molecule has 0 spiro atoms. The Hall–Kier alpha value is -1.46. The van der Waals surface area contributed by atoms with Crippen molar-refractivity contribution in [2.75, 3.05) is 0 Å². The van der Waals surface area contributed by atoms with E-state index >= 15 is 0 Å². The second-order valence-electron chi connectivity index (χ2n) is 3.15. The van der Waals surface area contributed by atoms with Gasteiger partial charge in [0.1, 0.15) is 0 Å². The van der Waals surface area contributed by atoms with Gasteiger partial charge >= 0.3 is 0 Å². The first kappa shape index (κ1) is 11.6. The van der Waals surface area contributed by atoms with Crippen molar-refractivity contribution in [3.05, 3.63) is 29.8 Å². The summed E-state index contributed by atoms with van der Waals surface area (Å²) in [7, 11) is 0. The molecular formula is C9H12ClN5. The molecule has 5 nitrogen and oxygen atoms in total. The van der Waals surface area contributed by atoms with Crippen LogP contribution >= 0.6 is 12.4 Å². The van der Waals surface area contributed by atoms with Crippen LogP contribution in [0, 0.1) is 0 Å². The molecule has 0 aliphatic heterocycles. The van der Waals surface area contributed by atoms with Crippen molar-refractivity contribution >= 4 is 12.4 Å². The Labute approximate surface area is 93.5 Å². The molecule has 2 rings (SSSR count). The lowest BCUT2D eigenvalue weighted by molar-refractivity contribution is 0.818. The fraction of sp³-hybridized carbons (Fsp3) is 0.222. The number of halogens is 1. The third-order valence-corrected chi connectivity index (χ3v) is 2.04. The van der Waals surface area contributed by atoms with Crippen LogP contribution in [0.25, 0.3) is 11.4 Å². The highest BCUT2D eigenvalue weighted by Gasteiger charge is 2.03. The number of aromatic nitrogens is 4. The van der Waals surface area contributed by atoms with Crippen LogP contribution in [0.4, 0.5) is 0 Å². The molecular weight excluding hydrogens is 214 g/mol. The van der Waals surface area contributed by atoms with Crippen LogP contribution in [0.3, 0.4) is 0 Å². The second-order valence-corrected chi connectivity index (χ2v) is 3.15. The zero-order valence-corrected chi connectivity index (χ0v) is 9.03. The molecule has 0 radical (unpaired) electrons. The van der Waals surface area contributed by atoms with Crippen molar-refractivity contribution in [3.63, 3.8) is 0 Å². The highest BCUT2D eigenvalue weighted by atomic mass is 35.5. The molecule has 1 heterocycles. The molecule has 0 fully saturated rings. The minimum absolute atomic E-state index is 0. The van der Waals surface area contributed by atoms with Crippen LogP contribution < -0.4 is 5.73 Å². The van der Waals surface area contributed by atoms with Gasteiger partial charge < -0.3 is 5.73 Å². The number of benzene rings is 1. The molecule has 1 aromatic carbocycles. The van der Waals surface area contributed by atoms with E-state index in [1.807, 2.05) is 31.2 Å². The number of rotatable bonds is 2. The molecule has 3 N–H and O–H groups in total. The zero-order valence-electron chi connectivity index (χ0n) is 8.21. The van der Waals surface area contributed by atoms with Crippen LogP contribution in [-0.4, -0.2) is 20.6 Å². The Balaban J connectivity index is 0.00000112. The maximum Gasteiger partial charge on any atom is 0.204 e. The number of tetrazole rings is 1. The largest absolute Gasteiger partial charge is 0.324 e. The van der Waals surface area contributed by atoms with Crippen molar-refractivity contribution in [2.24, 2.45) is 5.73 Å². The molecule has 2 aromatic rings. The van der Waals surface area contributed by atoms with E-state index in [4.69, 9.17) is 5.73 Å². The molecule has 6 heteroatoms. The summed E-state index contributed by atoms with van der Waals surface area (Å²) in [4.78, 5) is 0. The molecule has 1 unspecified atom stereocenters. The Morgan fingerprint density at radius 1 is 1.27 bits per heavy atom. The Morgan fingerprint density at radius 2 is 1.93 bits per heavy atom. The van der Waals surface area contributed by atoms with Crippen LogP contribution in [0.5, 0.6) is 0 Å². The molecule has 0 amide bonds. The van der Waals surface area contributed by atoms with Crippen molar-refractivity contribution in [1.29, 1.82) is 0 Å². The Kier molecular flexibility index (Phi) is 3.76. The van der Waals surface area contributed by atoms with Crippen LogP contribution in [0.1, 0.15) is 18.5 Å². The molecule has 0 aliphatic carbocycles. The minimum atomic E-state index is 0. The second kappa shape index (κ2) is 4.86. The van der Waals surface area contributed by atoms with Gasteiger partial charge in [0.25, 0.3) is 0 Å². The first-order valence-electron chi connectivity index (χ1n) is 4.37. The summed E-state index contributed by atoms with van der Waals surface area (Å²) in [6, 6.07) is 7.86. The Morgan fingerprint density at radius 3 is 2.40 bits per heavy atom. The van der Waals surface area contributed by atoms with E-state index in [-0.39, 0.29) is 18.4 Å². The smallest absolute Gasteiger partial charge is 0.204 e. The van der Waals surface area contributed by atoms with Gasteiger partial charge in [-0.1, -0.05) is 24.3 Å². The number of nitrogens with zero attached hydrogens (tertiary/aromatic N) is 3. The van der Waals surface area contributed by atoms with E-state index in [2.05, 4.69) is 20.6 Å². The molecule has 15 heavy (non-hydrogen) atoms. The highest BCUT2D eigenvalue weighted by Crippen LogP contribution is 2.16. The summed E-state index contributed by atoms with van der Waals surface area (Å²) in [6.07, 6.45) is 0. The average Bonchev–Trinajstić information content (AvgIpc) is 2.71. The van der Waals surface area contributed by atoms with Crippen molar-refractivity contribution in [3.8, 4) is 11.4 Å². The molecule has 0 bridgehead atoms. The number of hydrogen-bond acceptors (Lipinski definition) is 4. The van der Waals surface area contributed by atoms with Gasteiger partial charge in [0.2, 0.25) is 5.82 Å². The van der Waals surface area contributed by atoms with Crippen molar-refractivity contribution in [1.82, 2.24) is 20.6 Å². The number of nitrogens with one attached hydrogen (secondary N) is 1. The van der Waals surface area contributed by atoms with Gasteiger partial charge in [-0.25, -0.2) is 0 Å². The van der Waals surface area contributed by atoms with E-state index in [1.54, 1.807) is 0 Å². The maximum atomic E-state index is 5.73. The zero-order chi connectivity index (χ0) is 9.97. The molecule has 1 atom stereocenters. The topological polar surface area (TPSA) is 80.5 Å². The number of aromatic amines is 1. The monoisotopic (exact) mass is 225 g/mol. The van der Waals surface area contributed by atoms with Crippen LogP contribution in [0.2, 0.25) is 0 Å². The average molecular weight is 226 g/mol. The third kappa shape index (κ3) is 2.51. The van der Waals surface area contributed by atoms with Gasteiger partial charge in [0.05, 0.1) is 0 Å². The fourth-order valence-electron chi connectivity index (χ4n) is 1.22. The van der Waals surface area contributed by atoms with Gasteiger partial charge in [-0.2, -0.15) is 5.21 Å². The lowest BCUT2D eigenvalue weighted by Gasteiger charge is -2.04. The van der Waals surface area contributed by atoms with E-state index in [0.717, 1.165) is 11.1 Å². The summed E-state index contributed by atoms with van der Waals surface area (Å²) < 4.78 is 0. The summed E-state index contributed by atoms with van der Waals surface area (Å²) in [5.74, 6) is 0.598.